The standard InChI is InChI=1S/C25H27NO2S/c1-18(2)23-17-25(20-9-5-4-6-10-20)26(24-12-8-7-11-22(23)24)29(27,28)21-15-13-19(3)14-16-21/h4-16,18,23,25H,17H2,1-3H3/t23-,25+/m0/s1. The minimum atomic E-state index is -3.71. The number of benzene rings is 3. The van der Waals surface area contributed by atoms with Gasteiger partial charge in [0.1, 0.15) is 0 Å². The summed E-state index contributed by atoms with van der Waals surface area (Å²) < 4.78 is 29.3. The van der Waals surface area contributed by atoms with Crippen molar-refractivity contribution < 1.29 is 8.42 Å². The largest absolute Gasteiger partial charge is 0.264 e. The zero-order chi connectivity index (χ0) is 20.6. The molecule has 3 nitrogen and oxygen atoms in total. The van der Waals surface area contributed by atoms with Gasteiger partial charge in [0.25, 0.3) is 10.0 Å². The molecule has 0 aliphatic carbocycles. The van der Waals surface area contributed by atoms with E-state index in [1.54, 1.807) is 16.4 Å². The summed E-state index contributed by atoms with van der Waals surface area (Å²) in [5.41, 5.74) is 3.99. The highest BCUT2D eigenvalue weighted by molar-refractivity contribution is 7.92. The fourth-order valence-electron chi connectivity index (χ4n) is 4.33. The Hall–Kier alpha value is -2.59. The average molecular weight is 406 g/mol. The highest BCUT2D eigenvalue weighted by Crippen LogP contribution is 2.49. The van der Waals surface area contributed by atoms with Crippen LogP contribution in [0.3, 0.4) is 0 Å². The summed E-state index contributed by atoms with van der Waals surface area (Å²) in [5, 5.41) is 0. The molecule has 0 radical (unpaired) electrons. The second kappa shape index (κ2) is 7.68. The quantitative estimate of drug-likeness (QED) is 0.528. The average Bonchev–Trinajstić information content (AvgIpc) is 2.73. The van der Waals surface area contributed by atoms with Crippen molar-refractivity contribution in [3.05, 3.63) is 95.6 Å². The molecule has 4 heteroatoms. The number of para-hydroxylation sites is 1. The van der Waals surface area contributed by atoms with Gasteiger partial charge in [0.2, 0.25) is 0 Å². The third kappa shape index (κ3) is 3.58. The van der Waals surface area contributed by atoms with Crippen LogP contribution in [0.2, 0.25) is 0 Å². The Morgan fingerprint density at radius 2 is 1.48 bits per heavy atom. The molecule has 0 bridgehead atoms. The van der Waals surface area contributed by atoms with E-state index < -0.39 is 10.0 Å². The number of sulfonamides is 1. The maximum atomic E-state index is 13.8. The summed E-state index contributed by atoms with van der Waals surface area (Å²) in [6.45, 7) is 6.40. The minimum absolute atomic E-state index is 0.232. The van der Waals surface area contributed by atoms with Gasteiger partial charge in [-0.3, -0.25) is 4.31 Å². The molecule has 0 unspecified atom stereocenters. The predicted octanol–water partition coefficient (Wildman–Crippen LogP) is 6.07. The maximum Gasteiger partial charge on any atom is 0.264 e. The summed E-state index contributed by atoms with van der Waals surface area (Å²) in [6.07, 6.45) is 0.768. The van der Waals surface area contributed by atoms with Crippen LogP contribution in [-0.4, -0.2) is 8.42 Å². The molecule has 0 fully saturated rings. The highest BCUT2D eigenvalue weighted by atomic mass is 32.2. The van der Waals surface area contributed by atoms with Gasteiger partial charge in [-0.15, -0.1) is 0 Å². The molecule has 0 amide bonds. The molecular formula is C25H27NO2S. The third-order valence-electron chi connectivity index (χ3n) is 5.90. The zero-order valence-electron chi connectivity index (χ0n) is 17.1. The molecular weight excluding hydrogens is 378 g/mol. The Labute approximate surface area is 174 Å². The van der Waals surface area contributed by atoms with E-state index in [2.05, 4.69) is 19.9 Å². The van der Waals surface area contributed by atoms with Crippen molar-refractivity contribution in [2.75, 3.05) is 4.31 Å². The molecule has 1 aliphatic heterocycles. The summed E-state index contributed by atoms with van der Waals surface area (Å²) >= 11 is 0. The molecule has 29 heavy (non-hydrogen) atoms. The van der Waals surface area contributed by atoms with Gasteiger partial charge < -0.3 is 0 Å². The number of nitrogens with zero attached hydrogens (tertiary/aromatic N) is 1. The van der Waals surface area contributed by atoms with Crippen LogP contribution < -0.4 is 4.31 Å². The molecule has 1 heterocycles. The van der Waals surface area contributed by atoms with E-state index in [1.807, 2.05) is 67.6 Å². The number of hydrogen-bond acceptors (Lipinski definition) is 2. The fraction of sp³-hybridized carbons (Fsp3) is 0.280. The first kappa shape index (κ1) is 19.7. The predicted molar refractivity (Wildman–Crippen MR) is 119 cm³/mol. The van der Waals surface area contributed by atoms with E-state index in [0.717, 1.165) is 28.8 Å². The molecule has 0 N–H and O–H groups in total. The van der Waals surface area contributed by atoms with Crippen LogP contribution in [0.4, 0.5) is 5.69 Å². The molecule has 0 spiro atoms. The van der Waals surface area contributed by atoms with Crippen molar-refractivity contribution in [2.45, 2.75) is 44.0 Å². The van der Waals surface area contributed by atoms with Crippen LogP contribution in [0.15, 0.2) is 83.8 Å². The number of fused-ring (bicyclic) bond motifs is 1. The van der Waals surface area contributed by atoms with Crippen LogP contribution in [-0.2, 0) is 10.0 Å². The summed E-state index contributed by atoms with van der Waals surface area (Å²) in [5.74, 6) is 0.729. The maximum absolute atomic E-state index is 13.8. The highest BCUT2D eigenvalue weighted by Gasteiger charge is 2.41. The molecule has 2 atom stereocenters. The number of rotatable bonds is 4. The van der Waals surface area contributed by atoms with E-state index in [1.165, 1.54) is 0 Å². The summed E-state index contributed by atoms with van der Waals surface area (Å²) in [7, 11) is -3.71. The Kier molecular flexibility index (Phi) is 5.22. The van der Waals surface area contributed by atoms with Crippen molar-refractivity contribution in [1.82, 2.24) is 0 Å². The van der Waals surface area contributed by atoms with Crippen molar-refractivity contribution in [3.63, 3.8) is 0 Å². The van der Waals surface area contributed by atoms with Crippen LogP contribution in [0.25, 0.3) is 0 Å². The van der Waals surface area contributed by atoms with Crippen LogP contribution in [0, 0.1) is 12.8 Å². The second-order valence-corrected chi connectivity index (χ2v) is 10.0. The van der Waals surface area contributed by atoms with Crippen molar-refractivity contribution in [3.8, 4) is 0 Å². The minimum Gasteiger partial charge on any atom is -0.259 e. The van der Waals surface area contributed by atoms with Crippen molar-refractivity contribution in [1.29, 1.82) is 0 Å². The number of aryl methyl sites for hydroxylation is 1. The van der Waals surface area contributed by atoms with Crippen molar-refractivity contribution >= 4 is 15.7 Å². The first-order valence-electron chi connectivity index (χ1n) is 10.1. The van der Waals surface area contributed by atoms with Gasteiger partial charge in [0.05, 0.1) is 16.6 Å². The Bertz CT molecular complexity index is 1090. The number of anilines is 1. The van der Waals surface area contributed by atoms with E-state index in [9.17, 15) is 8.42 Å². The monoisotopic (exact) mass is 405 g/mol. The number of hydrogen-bond donors (Lipinski definition) is 0. The van der Waals surface area contributed by atoms with Gasteiger partial charge in [-0.1, -0.05) is 80.1 Å². The lowest BCUT2D eigenvalue weighted by Gasteiger charge is -2.42. The van der Waals surface area contributed by atoms with Gasteiger partial charge in [-0.25, -0.2) is 8.42 Å². The molecule has 3 aromatic rings. The molecule has 4 rings (SSSR count). The lowest BCUT2D eigenvalue weighted by molar-refractivity contribution is 0.414. The smallest absolute Gasteiger partial charge is 0.259 e. The molecule has 0 saturated carbocycles. The van der Waals surface area contributed by atoms with Crippen LogP contribution >= 0.6 is 0 Å². The molecule has 1 aliphatic rings. The van der Waals surface area contributed by atoms with Gasteiger partial charge in [-0.2, -0.15) is 0 Å². The molecule has 0 saturated heterocycles. The Balaban J connectivity index is 1.93. The summed E-state index contributed by atoms with van der Waals surface area (Å²) in [6, 6.07) is 24.9. The third-order valence-corrected chi connectivity index (χ3v) is 7.74. The molecule has 150 valence electrons. The van der Waals surface area contributed by atoms with Gasteiger partial charge >= 0.3 is 0 Å². The van der Waals surface area contributed by atoms with Gasteiger partial charge in [0, 0.05) is 0 Å². The topological polar surface area (TPSA) is 37.4 Å². The first-order valence-corrected chi connectivity index (χ1v) is 11.6. The van der Waals surface area contributed by atoms with Gasteiger partial charge in [-0.05, 0) is 54.5 Å². The Morgan fingerprint density at radius 1 is 0.862 bits per heavy atom. The normalized spacial score (nSPS) is 19.2. The SMILES string of the molecule is Cc1ccc(S(=O)(=O)N2c3ccccc3[C@H](C(C)C)C[C@@H]2c2ccccc2)cc1. The van der Waals surface area contributed by atoms with E-state index in [4.69, 9.17) is 0 Å². The van der Waals surface area contributed by atoms with E-state index in [0.29, 0.717) is 16.7 Å². The lowest BCUT2D eigenvalue weighted by Crippen LogP contribution is -2.40. The second-order valence-electron chi connectivity index (χ2n) is 8.19. The van der Waals surface area contributed by atoms with Crippen LogP contribution in [0.5, 0.6) is 0 Å². The van der Waals surface area contributed by atoms with E-state index >= 15 is 0 Å². The molecule has 0 aromatic heterocycles. The van der Waals surface area contributed by atoms with Crippen molar-refractivity contribution in [2.24, 2.45) is 5.92 Å². The zero-order valence-corrected chi connectivity index (χ0v) is 17.9. The lowest BCUT2D eigenvalue weighted by atomic mass is 9.78. The Morgan fingerprint density at radius 3 is 2.14 bits per heavy atom. The summed E-state index contributed by atoms with van der Waals surface area (Å²) in [4.78, 5) is 0.335. The van der Waals surface area contributed by atoms with Crippen LogP contribution in [0.1, 0.15) is 48.9 Å². The fourth-order valence-corrected chi connectivity index (χ4v) is 6.01. The van der Waals surface area contributed by atoms with Gasteiger partial charge in [0.15, 0.2) is 0 Å². The van der Waals surface area contributed by atoms with E-state index in [-0.39, 0.29) is 6.04 Å². The first-order chi connectivity index (χ1) is 13.9. The molecule has 3 aromatic carbocycles.